The number of amides is 1. The molecule has 0 bridgehead atoms. The maximum Gasteiger partial charge on any atom is 0.254 e. The molecule has 1 amide bonds. The Kier molecular flexibility index (Phi) is 5.26. The van der Waals surface area contributed by atoms with Gasteiger partial charge in [0.25, 0.3) is 5.91 Å². The van der Waals surface area contributed by atoms with Crippen molar-refractivity contribution in [2.24, 2.45) is 0 Å². The average molecular weight is 335 g/mol. The van der Waals surface area contributed by atoms with E-state index in [4.69, 9.17) is 4.74 Å². The molecule has 5 nitrogen and oxygen atoms in total. The monoisotopic (exact) mass is 335 g/mol. The Bertz CT molecular complexity index is 815. The van der Waals surface area contributed by atoms with E-state index in [0.717, 1.165) is 16.8 Å². The van der Waals surface area contributed by atoms with E-state index in [-0.39, 0.29) is 11.9 Å². The van der Waals surface area contributed by atoms with Crippen LogP contribution in [0, 0.1) is 0 Å². The van der Waals surface area contributed by atoms with E-state index >= 15 is 0 Å². The highest BCUT2D eigenvalue weighted by Crippen LogP contribution is 2.21. The van der Waals surface area contributed by atoms with Crippen LogP contribution in [0.15, 0.2) is 66.9 Å². The summed E-state index contributed by atoms with van der Waals surface area (Å²) in [4.78, 5) is 20.2. The second kappa shape index (κ2) is 7.77. The zero-order valence-electron chi connectivity index (χ0n) is 14.3. The fourth-order valence-electron chi connectivity index (χ4n) is 2.70. The van der Waals surface area contributed by atoms with Gasteiger partial charge in [-0.05, 0) is 18.1 Å². The van der Waals surface area contributed by atoms with Crippen molar-refractivity contribution in [3.8, 4) is 11.3 Å². The molecule has 0 spiro atoms. The third kappa shape index (κ3) is 3.95. The summed E-state index contributed by atoms with van der Waals surface area (Å²) in [6.45, 7) is 1.89. The van der Waals surface area contributed by atoms with Gasteiger partial charge in [-0.3, -0.25) is 4.79 Å². The van der Waals surface area contributed by atoms with Crippen molar-refractivity contribution in [1.82, 2.24) is 15.3 Å². The van der Waals surface area contributed by atoms with Crippen LogP contribution in [0.2, 0.25) is 0 Å². The number of hydrogen-bond acceptors (Lipinski definition) is 3. The van der Waals surface area contributed by atoms with Crippen LogP contribution in [-0.4, -0.2) is 23.0 Å². The summed E-state index contributed by atoms with van der Waals surface area (Å²) in [6, 6.07) is 19.1. The van der Waals surface area contributed by atoms with E-state index < -0.39 is 6.10 Å². The molecule has 0 aliphatic rings. The predicted molar refractivity (Wildman–Crippen MR) is 96.8 cm³/mol. The molecule has 0 saturated carbocycles. The minimum absolute atomic E-state index is 0.195. The fraction of sp³-hybridized carbons (Fsp3) is 0.200. The molecule has 3 aromatic rings. The Morgan fingerprint density at radius 3 is 2.36 bits per heavy atom. The Morgan fingerprint density at radius 2 is 1.72 bits per heavy atom. The second-order valence-corrected chi connectivity index (χ2v) is 5.80. The van der Waals surface area contributed by atoms with Crippen LogP contribution < -0.4 is 5.32 Å². The first-order valence-electron chi connectivity index (χ1n) is 8.17. The number of aromatic nitrogens is 2. The maximum atomic E-state index is 12.6. The van der Waals surface area contributed by atoms with Crippen LogP contribution in [0.1, 0.15) is 30.5 Å². The number of methoxy groups -OCH3 is 1. The molecule has 5 heteroatoms. The van der Waals surface area contributed by atoms with Gasteiger partial charge in [-0.1, -0.05) is 60.7 Å². The zero-order valence-corrected chi connectivity index (χ0v) is 14.3. The molecule has 2 N–H and O–H groups in total. The van der Waals surface area contributed by atoms with Crippen molar-refractivity contribution >= 4 is 5.91 Å². The van der Waals surface area contributed by atoms with Gasteiger partial charge in [0.05, 0.1) is 17.9 Å². The van der Waals surface area contributed by atoms with Gasteiger partial charge >= 0.3 is 0 Å². The molecule has 0 unspecified atom stereocenters. The normalized spacial score (nSPS) is 13.2. The third-order valence-electron chi connectivity index (χ3n) is 4.03. The lowest BCUT2D eigenvalue weighted by Crippen LogP contribution is -2.33. The minimum Gasteiger partial charge on any atom is -0.367 e. The van der Waals surface area contributed by atoms with Gasteiger partial charge in [0.15, 0.2) is 6.10 Å². The number of hydrogen-bond donors (Lipinski definition) is 2. The lowest BCUT2D eigenvalue weighted by molar-refractivity contribution is -0.132. The average Bonchev–Trinajstić information content (AvgIpc) is 3.14. The first-order chi connectivity index (χ1) is 12.2. The number of rotatable bonds is 6. The molecule has 1 aromatic heterocycles. The summed E-state index contributed by atoms with van der Waals surface area (Å²) in [5.41, 5.74) is 2.79. The number of imidazole rings is 1. The highest BCUT2D eigenvalue weighted by Gasteiger charge is 2.22. The van der Waals surface area contributed by atoms with E-state index in [2.05, 4.69) is 15.3 Å². The summed E-state index contributed by atoms with van der Waals surface area (Å²) in [6.07, 6.45) is 1.13. The van der Waals surface area contributed by atoms with Gasteiger partial charge in [-0.25, -0.2) is 4.98 Å². The van der Waals surface area contributed by atoms with Crippen LogP contribution in [0.3, 0.4) is 0 Å². The van der Waals surface area contributed by atoms with E-state index in [0.29, 0.717) is 5.82 Å². The highest BCUT2D eigenvalue weighted by atomic mass is 16.5. The molecule has 0 saturated heterocycles. The van der Waals surface area contributed by atoms with Gasteiger partial charge in [0.2, 0.25) is 0 Å². The summed E-state index contributed by atoms with van der Waals surface area (Å²) < 4.78 is 5.37. The third-order valence-corrected chi connectivity index (χ3v) is 4.03. The largest absolute Gasteiger partial charge is 0.367 e. The van der Waals surface area contributed by atoms with Gasteiger partial charge in [0, 0.05) is 7.11 Å². The molecule has 128 valence electrons. The van der Waals surface area contributed by atoms with Gasteiger partial charge < -0.3 is 15.0 Å². The van der Waals surface area contributed by atoms with Crippen LogP contribution in [0.25, 0.3) is 11.3 Å². The fourth-order valence-corrected chi connectivity index (χ4v) is 2.70. The Balaban J connectivity index is 1.70. The molecule has 0 aliphatic carbocycles. The molecular weight excluding hydrogens is 314 g/mol. The zero-order chi connectivity index (χ0) is 17.6. The maximum absolute atomic E-state index is 12.6. The number of H-pyrrole nitrogens is 1. The van der Waals surface area contributed by atoms with Crippen molar-refractivity contribution in [3.05, 3.63) is 78.2 Å². The van der Waals surface area contributed by atoms with Crippen molar-refractivity contribution in [2.45, 2.75) is 19.1 Å². The van der Waals surface area contributed by atoms with Crippen LogP contribution in [0.4, 0.5) is 0 Å². The second-order valence-electron chi connectivity index (χ2n) is 5.80. The summed E-state index contributed by atoms with van der Waals surface area (Å²) in [7, 11) is 1.53. The molecular formula is C20H21N3O2. The minimum atomic E-state index is -0.646. The molecule has 25 heavy (non-hydrogen) atoms. The number of nitrogens with one attached hydrogen (secondary N) is 2. The number of benzene rings is 2. The summed E-state index contributed by atoms with van der Waals surface area (Å²) in [5.74, 6) is 0.508. The Hall–Kier alpha value is -2.92. The molecule has 3 rings (SSSR count). The van der Waals surface area contributed by atoms with Crippen LogP contribution in [-0.2, 0) is 9.53 Å². The van der Waals surface area contributed by atoms with E-state index in [1.807, 2.05) is 67.6 Å². The quantitative estimate of drug-likeness (QED) is 0.723. The SMILES string of the molecule is CO[C@H](C(=O)N[C@H](C)c1ncc(-c2ccccc2)[nH]1)c1ccccc1. The highest BCUT2D eigenvalue weighted by molar-refractivity contribution is 5.82. The number of carbonyl (C=O) groups excluding carboxylic acids is 1. The van der Waals surface area contributed by atoms with Crippen LogP contribution in [0.5, 0.6) is 0 Å². The number of nitrogens with zero attached hydrogens (tertiary/aromatic N) is 1. The standard InChI is InChI=1S/C20H21N3O2/c1-14(19-21-13-17(23-19)15-9-5-3-6-10-15)22-20(24)18(25-2)16-11-7-4-8-12-16/h3-14,18H,1-2H3,(H,21,23)(H,22,24)/t14-,18+/m1/s1. The number of aromatic amines is 1. The van der Waals surface area contributed by atoms with Gasteiger partial charge in [0.1, 0.15) is 5.82 Å². The number of ether oxygens (including phenoxy) is 1. The molecule has 2 aromatic carbocycles. The Labute approximate surface area is 147 Å². The molecule has 1 heterocycles. The van der Waals surface area contributed by atoms with Crippen molar-refractivity contribution < 1.29 is 9.53 Å². The van der Waals surface area contributed by atoms with E-state index in [1.165, 1.54) is 7.11 Å². The van der Waals surface area contributed by atoms with Crippen LogP contribution >= 0.6 is 0 Å². The van der Waals surface area contributed by atoms with E-state index in [1.54, 1.807) is 6.20 Å². The lowest BCUT2D eigenvalue weighted by atomic mass is 10.1. The van der Waals surface area contributed by atoms with Crippen molar-refractivity contribution in [1.29, 1.82) is 0 Å². The topological polar surface area (TPSA) is 67.0 Å². The first-order valence-corrected chi connectivity index (χ1v) is 8.17. The summed E-state index contributed by atoms with van der Waals surface area (Å²) in [5, 5.41) is 2.95. The van der Waals surface area contributed by atoms with E-state index in [9.17, 15) is 4.79 Å². The molecule has 0 radical (unpaired) electrons. The first kappa shape index (κ1) is 16.9. The van der Waals surface area contributed by atoms with Gasteiger partial charge in [-0.2, -0.15) is 0 Å². The lowest BCUT2D eigenvalue weighted by Gasteiger charge is -2.18. The predicted octanol–water partition coefficient (Wildman–Crippen LogP) is 3.64. The molecule has 0 aliphatic heterocycles. The number of carbonyl (C=O) groups is 1. The smallest absolute Gasteiger partial charge is 0.254 e. The summed E-state index contributed by atoms with van der Waals surface area (Å²) >= 11 is 0. The molecule has 0 fully saturated rings. The van der Waals surface area contributed by atoms with Gasteiger partial charge in [-0.15, -0.1) is 0 Å². The molecule has 2 atom stereocenters. The van der Waals surface area contributed by atoms with Crippen molar-refractivity contribution in [2.75, 3.05) is 7.11 Å². The van der Waals surface area contributed by atoms with Crippen molar-refractivity contribution in [3.63, 3.8) is 0 Å². The Morgan fingerprint density at radius 1 is 1.08 bits per heavy atom.